The van der Waals surface area contributed by atoms with Crippen LogP contribution in [0.2, 0.25) is 5.28 Å². The Morgan fingerprint density at radius 2 is 2.10 bits per heavy atom. The SMILES string of the molecule is COc1nc(Cl)nc(Br)n1. The van der Waals surface area contributed by atoms with Gasteiger partial charge in [0.1, 0.15) is 0 Å². The van der Waals surface area contributed by atoms with E-state index in [9.17, 15) is 0 Å². The molecule has 1 rings (SSSR count). The van der Waals surface area contributed by atoms with Gasteiger partial charge in [-0.1, -0.05) is 0 Å². The molecule has 0 atom stereocenters. The quantitative estimate of drug-likeness (QED) is 0.721. The van der Waals surface area contributed by atoms with Crippen LogP contribution in [0.15, 0.2) is 4.73 Å². The molecular formula is C4H3BrClN3O. The van der Waals surface area contributed by atoms with Crippen LogP contribution >= 0.6 is 27.5 Å². The number of nitrogens with zero attached hydrogens (tertiary/aromatic N) is 3. The van der Waals surface area contributed by atoms with Crippen molar-refractivity contribution in [2.24, 2.45) is 0 Å². The number of aromatic nitrogens is 3. The van der Waals surface area contributed by atoms with E-state index in [1.165, 1.54) is 7.11 Å². The van der Waals surface area contributed by atoms with E-state index in [1.807, 2.05) is 0 Å². The molecule has 0 saturated heterocycles. The molecule has 0 aromatic carbocycles. The lowest BCUT2D eigenvalue weighted by Crippen LogP contribution is -1.94. The minimum atomic E-state index is 0.110. The van der Waals surface area contributed by atoms with Crippen LogP contribution in [0.1, 0.15) is 0 Å². The van der Waals surface area contributed by atoms with Gasteiger partial charge in [-0.3, -0.25) is 0 Å². The highest BCUT2D eigenvalue weighted by Crippen LogP contribution is 2.10. The fraction of sp³-hybridized carbons (Fsp3) is 0.250. The molecule has 0 aliphatic rings. The second kappa shape index (κ2) is 3.12. The Labute approximate surface area is 70.7 Å². The van der Waals surface area contributed by atoms with E-state index in [4.69, 9.17) is 16.3 Å². The lowest BCUT2D eigenvalue weighted by atomic mass is 11.0. The number of rotatable bonds is 1. The first-order chi connectivity index (χ1) is 4.72. The molecule has 10 heavy (non-hydrogen) atoms. The van der Waals surface area contributed by atoms with Crippen LogP contribution in [-0.2, 0) is 0 Å². The summed E-state index contributed by atoms with van der Waals surface area (Å²) >= 11 is 8.48. The largest absolute Gasteiger partial charge is 0.467 e. The maximum atomic E-state index is 5.46. The zero-order chi connectivity index (χ0) is 7.56. The normalized spacial score (nSPS) is 9.50. The summed E-state index contributed by atoms with van der Waals surface area (Å²) in [5.74, 6) is 0. The smallest absolute Gasteiger partial charge is 0.321 e. The molecule has 0 saturated carbocycles. The van der Waals surface area contributed by atoms with Crippen LogP contribution in [0.5, 0.6) is 6.01 Å². The van der Waals surface area contributed by atoms with E-state index in [-0.39, 0.29) is 11.3 Å². The third-order valence-corrected chi connectivity index (χ3v) is 1.27. The van der Waals surface area contributed by atoms with E-state index in [0.717, 1.165) is 0 Å². The average Bonchev–Trinajstić information content (AvgIpc) is 1.85. The summed E-state index contributed by atoms with van der Waals surface area (Å²) in [6, 6.07) is 0.201. The summed E-state index contributed by atoms with van der Waals surface area (Å²) in [5, 5.41) is 0.110. The molecule has 0 amide bonds. The zero-order valence-electron chi connectivity index (χ0n) is 5.01. The maximum absolute atomic E-state index is 5.46. The highest BCUT2D eigenvalue weighted by molar-refractivity contribution is 9.10. The second-order valence-corrected chi connectivity index (χ2v) is 2.41. The van der Waals surface area contributed by atoms with Gasteiger partial charge in [-0.05, 0) is 27.5 Å². The first-order valence-electron chi connectivity index (χ1n) is 2.33. The molecule has 1 aromatic rings. The van der Waals surface area contributed by atoms with Crippen molar-refractivity contribution in [1.82, 2.24) is 15.0 Å². The second-order valence-electron chi connectivity index (χ2n) is 1.36. The van der Waals surface area contributed by atoms with Crippen molar-refractivity contribution in [3.8, 4) is 6.01 Å². The van der Waals surface area contributed by atoms with E-state index in [1.54, 1.807) is 0 Å². The Morgan fingerprint density at radius 3 is 2.60 bits per heavy atom. The van der Waals surface area contributed by atoms with Gasteiger partial charge in [0, 0.05) is 0 Å². The minimum absolute atomic E-state index is 0.110. The predicted molar refractivity (Wildman–Crippen MR) is 39.1 cm³/mol. The highest BCUT2D eigenvalue weighted by atomic mass is 79.9. The zero-order valence-corrected chi connectivity index (χ0v) is 7.35. The predicted octanol–water partition coefficient (Wildman–Crippen LogP) is 1.30. The fourth-order valence-corrected chi connectivity index (χ4v) is 0.974. The van der Waals surface area contributed by atoms with Crippen molar-refractivity contribution in [3.63, 3.8) is 0 Å². The van der Waals surface area contributed by atoms with E-state index < -0.39 is 0 Å². The summed E-state index contributed by atoms with van der Waals surface area (Å²) in [5.41, 5.74) is 0. The topological polar surface area (TPSA) is 47.9 Å². The standard InChI is InChI=1S/C4H3BrClN3O/c1-10-4-8-2(5)7-3(6)9-4/h1H3. The summed E-state index contributed by atoms with van der Waals surface area (Å²) in [7, 11) is 1.46. The van der Waals surface area contributed by atoms with Crippen molar-refractivity contribution in [1.29, 1.82) is 0 Å². The Balaban J connectivity index is 3.06. The molecule has 0 spiro atoms. The maximum Gasteiger partial charge on any atom is 0.321 e. The van der Waals surface area contributed by atoms with Gasteiger partial charge in [0.2, 0.25) is 10.0 Å². The molecule has 0 bridgehead atoms. The fourth-order valence-electron chi connectivity index (χ4n) is 0.400. The molecule has 0 fully saturated rings. The summed E-state index contributed by atoms with van der Waals surface area (Å²) in [4.78, 5) is 11.0. The van der Waals surface area contributed by atoms with Gasteiger partial charge in [0.15, 0.2) is 0 Å². The van der Waals surface area contributed by atoms with Crippen molar-refractivity contribution in [2.45, 2.75) is 0 Å². The van der Waals surface area contributed by atoms with Crippen LogP contribution in [-0.4, -0.2) is 22.1 Å². The number of hydrogen-bond acceptors (Lipinski definition) is 4. The van der Waals surface area contributed by atoms with Crippen LogP contribution < -0.4 is 4.74 Å². The van der Waals surface area contributed by atoms with Gasteiger partial charge >= 0.3 is 6.01 Å². The van der Waals surface area contributed by atoms with Crippen molar-refractivity contribution < 1.29 is 4.74 Å². The monoisotopic (exact) mass is 223 g/mol. The van der Waals surface area contributed by atoms with Gasteiger partial charge in [0.25, 0.3) is 0 Å². The molecule has 6 heteroatoms. The van der Waals surface area contributed by atoms with Crippen LogP contribution in [0, 0.1) is 0 Å². The van der Waals surface area contributed by atoms with E-state index in [0.29, 0.717) is 4.73 Å². The van der Waals surface area contributed by atoms with Crippen LogP contribution in [0.3, 0.4) is 0 Å². The molecule has 0 aliphatic carbocycles. The molecule has 4 nitrogen and oxygen atoms in total. The number of ether oxygens (including phenoxy) is 1. The van der Waals surface area contributed by atoms with Crippen molar-refractivity contribution >= 4 is 27.5 Å². The van der Waals surface area contributed by atoms with Crippen LogP contribution in [0.25, 0.3) is 0 Å². The first-order valence-corrected chi connectivity index (χ1v) is 3.50. The summed E-state index contributed by atoms with van der Waals surface area (Å²) in [6.45, 7) is 0. The highest BCUT2D eigenvalue weighted by Gasteiger charge is 2.00. The molecule has 54 valence electrons. The Hall–Kier alpha value is -0.420. The van der Waals surface area contributed by atoms with Crippen molar-refractivity contribution in [3.05, 3.63) is 10.0 Å². The third kappa shape index (κ3) is 1.78. The Morgan fingerprint density at radius 1 is 1.40 bits per heavy atom. The van der Waals surface area contributed by atoms with Gasteiger partial charge in [-0.25, -0.2) is 0 Å². The molecule has 0 unspecified atom stereocenters. The Kier molecular flexibility index (Phi) is 2.39. The molecule has 0 N–H and O–H groups in total. The van der Waals surface area contributed by atoms with Gasteiger partial charge in [0.05, 0.1) is 7.11 Å². The third-order valence-electron chi connectivity index (χ3n) is 0.743. The Bertz CT molecular complexity index is 224. The summed E-state index contributed by atoms with van der Waals surface area (Å²) < 4.78 is 5.06. The number of methoxy groups -OCH3 is 1. The van der Waals surface area contributed by atoms with Gasteiger partial charge < -0.3 is 4.74 Å². The molecular weight excluding hydrogens is 221 g/mol. The average molecular weight is 224 g/mol. The molecule has 0 radical (unpaired) electrons. The van der Waals surface area contributed by atoms with Gasteiger partial charge in [-0.2, -0.15) is 15.0 Å². The lowest BCUT2D eigenvalue weighted by molar-refractivity contribution is 0.376. The molecule has 0 aliphatic heterocycles. The molecule has 1 heterocycles. The number of hydrogen-bond donors (Lipinski definition) is 0. The van der Waals surface area contributed by atoms with Crippen molar-refractivity contribution in [2.75, 3.05) is 7.11 Å². The van der Waals surface area contributed by atoms with Crippen LogP contribution in [0.4, 0.5) is 0 Å². The van der Waals surface area contributed by atoms with E-state index in [2.05, 4.69) is 30.9 Å². The first kappa shape index (κ1) is 7.68. The van der Waals surface area contributed by atoms with Gasteiger partial charge in [-0.15, -0.1) is 0 Å². The summed E-state index contributed by atoms with van der Waals surface area (Å²) in [6.07, 6.45) is 0. The van der Waals surface area contributed by atoms with E-state index >= 15 is 0 Å². The molecule has 1 aromatic heterocycles. The minimum Gasteiger partial charge on any atom is -0.467 e. The number of halogens is 2. The lowest BCUT2D eigenvalue weighted by Gasteiger charge is -1.95.